The van der Waals surface area contributed by atoms with Gasteiger partial charge in [-0.25, -0.2) is 4.39 Å². The van der Waals surface area contributed by atoms with E-state index in [1.165, 1.54) is 18.2 Å². The highest BCUT2D eigenvalue weighted by Crippen LogP contribution is 2.18. The molecule has 0 atom stereocenters. The number of carbonyl (C=O) groups excluding carboxylic acids is 1. The Bertz CT molecular complexity index is 423. The molecule has 1 rings (SSSR count). The van der Waals surface area contributed by atoms with Gasteiger partial charge in [-0.1, -0.05) is 11.6 Å². The third-order valence-electron chi connectivity index (χ3n) is 2.58. The fourth-order valence-electron chi connectivity index (χ4n) is 1.62. The van der Waals surface area contributed by atoms with E-state index in [4.69, 9.17) is 23.2 Å². The zero-order valence-electron chi connectivity index (χ0n) is 10.4. The van der Waals surface area contributed by atoms with Gasteiger partial charge >= 0.3 is 0 Å². The second kappa shape index (κ2) is 6.95. The van der Waals surface area contributed by atoms with Gasteiger partial charge in [0.1, 0.15) is 5.82 Å². The fourth-order valence-corrected chi connectivity index (χ4v) is 1.92. The Morgan fingerprint density at radius 3 is 2.61 bits per heavy atom. The van der Waals surface area contributed by atoms with Crippen molar-refractivity contribution < 1.29 is 9.18 Å². The highest BCUT2D eigenvalue weighted by Gasteiger charge is 2.19. The summed E-state index contributed by atoms with van der Waals surface area (Å²) in [6.45, 7) is 4.43. The first-order chi connectivity index (χ1) is 8.47. The van der Waals surface area contributed by atoms with Crippen LogP contribution in [0.4, 0.5) is 4.39 Å². The smallest absolute Gasteiger partial charge is 0.254 e. The first-order valence-electron chi connectivity index (χ1n) is 5.79. The molecule has 0 saturated carbocycles. The van der Waals surface area contributed by atoms with Crippen molar-refractivity contribution in [1.29, 1.82) is 0 Å². The Morgan fingerprint density at radius 1 is 1.44 bits per heavy atom. The number of rotatable bonds is 5. The predicted octanol–water partition coefficient (Wildman–Crippen LogP) is 3.96. The average Bonchev–Trinajstić information content (AvgIpc) is 2.32. The number of amides is 1. The number of hydrogen-bond donors (Lipinski definition) is 0. The molecule has 0 fully saturated rings. The summed E-state index contributed by atoms with van der Waals surface area (Å²) in [6.07, 6.45) is 0.723. The normalized spacial score (nSPS) is 10.8. The van der Waals surface area contributed by atoms with Gasteiger partial charge < -0.3 is 4.90 Å². The van der Waals surface area contributed by atoms with E-state index in [0.717, 1.165) is 6.42 Å². The van der Waals surface area contributed by atoms with E-state index in [1.807, 2.05) is 13.8 Å². The molecule has 0 aliphatic heterocycles. The van der Waals surface area contributed by atoms with Crippen LogP contribution in [0.25, 0.3) is 0 Å². The quantitative estimate of drug-likeness (QED) is 0.752. The average molecular weight is 292 g/mol. The van der Waals surface area contributed by atoms with Crippen LogP contribution in [0.5, 0.6) is 0 Å². The van der Waals surface area contributed by atoms with Crippen molar-refractivity contribution in [3.63, 3.8) is 0 Å². The van der Waals surface area contributed by atoms with Gasteiger partial charge in [-0.05, 0) is 38.5 Å². The third kappa shape index (κ3) is 3.85. The van der Waals surface area contributed by atoms with Crippen molar-refractivity contribution in [2.45, 2.75) is 26.3 Å². The Morgan fingerprint density at radius 2 is 2.11 bits per heavy atom. The van der Waals surface area contributed by atoms with Crippen LogP contribution in [-0.2, 0) is 0 Å². The molecule has 18 heavy (non-hydrogen) atoms. The molecule has 0 bridgehead atoms. The molecule has 0 aliphatic carbocycles. The SMILES string of the molecule is CC(C)N(CCCCl)C(=O)c1ccc(F)c(Cl)c1. The lowest BCUT2D eigenvalue weighted by Gasteiger charge is -2.26. The maximum Gasteiger partial charge on any atom is 0.254 e. The zero-order valence-corrected chi connectivity index (χ0v) is 11.9. The summed E-state index contributed by atoms with van der Waals surface area (Å²) >= 11 is 11.3. The topological polar surface area (TPSA) is 20.3 Å². The molecule has 0 heterocycles. The van der Waals surface area contributed by atoms with E-state index >= 15 is 0 Å². The molecule has 5 heteroatoms. The summed E-state index contributed by atoms with van der Waals surface area (Å²) in [7, 11) is 0. The van der Waals surface area contributed by atoms with E-state index in [-0.39, 0.29) is 17.0 Å². The van der Waals surface area contributed by atoms with Gasteiger partial charge in [0, 0.05) is 24.0 Å². The maximum absolute atomic E-state index is 13.1. The number of carbonyl (C=O) groups is 1. The van der Waals surface area contributed by atoms with Crippen LogP contribution in [0.3, 0.4) is 0 Å². The van der Waals surface area contributed by atoms with Gasteiger partial charge in [0.05, 0.1) is 5.02 Å². The Labute approximate surface area is 117 Å². The number of halogens is 3. The van der Waals surface area contributed by atoms with Gasteiger partial charge in [-0.15, -0.1) is 11.6 Å². The molecular weight excluding hydrogens is 276 g/mol. The first-order valence-corrected chi connectivity index (χ1v) is 6.70. The van der Waals surface area contributed by atoms with Crippen LogP contribution in [-0.4, -0.2) is 29.3 Å². The number of benzene rings is 1. The fraction of sp³-hybridized carbons (Fsp3) is 0.462. The Balaban J connectivity index is 2.91. The van der Waals surface area contributed by atoms with Crippen molar-refractivity contribution in [2.24, 2.45) is 0 Å². The minimum Gasteiger partial charge on any atom is -0.336 e. The van der Waals surface area contributed by atoms with E-state index < -0.39 is 5.82 Å². The van der Waals surface area contributed by atoms with Crippen molar-refractivity contribution in [1.82, 2.24) is 4.90 Å². The second-order valence-electron chi connectivity index (χ2n) is 4.26. The van der Waals surface area contributed by atoms with Crippen LogP contribution in [0.1, 0.15) is 30.6 Å². The van der Waals surface area contributed by atoms with Crippen molar-refractivity contribution >= 4 is 29.1 Å². The van der Waals surface area contributed by atoms with E-state index in [1.54, 1.807) is 4.90 Å². The summed E-state index contributed by atoms with van der Waals surface area (Å²) in [5, 5.41) is -0.0399. The molecule has 0 saturated heterocycles. The summed E-state index contributed by atoms with van der Waals surface area (Å²) < 4.78 is 13.1. The van der Waals surface area contributed by atoms with Crippen LogP contribution >= 0.6 is 23.2 Å². The molecule has 0 unspecified atom stereocenters. The van der Waals surface area contributed by atoms with Crippen LogP contribution in [0, 0.1) is 5.82 Å². The number of alkyl halides is 1. The van der Waals surface area contributed by atoms with Gasteiger partial charge in [0.2, 0.25) is 0 Å². The Hall–Kier alpha value is -0.800. The molecule has 0 N–H and O–H groups in total. The maximum atomic E-state index is 13.1. The molecule has 0 aliphatic rings. The molecule has 2 nitrogen and oxygen atoms in total. The first kappa shape index (κ1) is 15.3. The molecule has 1 amide bonds. The molecular formula is C13H16Cl2FNO. The van der Waals surface area contributed by atoms with Gasteiger partial charge in [0.15, 0.2) is 0 Å². The minimum absolute atomic E-state index is 0.0399. The molecule has 0 aromatic heterocycles. The summed E-state index contributed by atoms with van der Waals surface area (Å²) in [5.74, 6) is -0.178. The van der Waals surface area contributed by atoms with Crippen LogP contribution < -0.4 is 0 Å². The lowest BCUT2D eigenvalue weighted by atomic mass is 10.1. The summed E-state index contributed by atoms with van der Waals surface area (Å²) in [5.41, 5.74) is 0.393. The number of hydrogen-bond acceptors (Lipinski definition) is 1. The highest BCUT2D eigenvalue weighted by molar-refractivity contribution is 6.31. The van der Waals surface area contributed by atoms with Crippen molar-refractivity contribution in [3.05, 3.63) is 34.6 Å². The monoisotopic (exact) mass is 291 g/mol. The number of nitrogens with zero attached hydrogens (tertiary/aromatic N) is 1. The van der Waals surface area contributed by atoms with E-state index in [2.05, 4.69) is 0 Å². The lowest BCUT2D eigenvalue weighted by Crippen LogP contribution is -2.37. The van der Waals surface area contributed by atoms with Gasteiger partial charge in [0.25, 0.3) is 5.91 Å². The molecule has 100 valence electrons. The molecule has 1 aromatic carbocycles. The van der Waals surface area contributed by atoms with E-state index in [0.29, 0.717) is 18.0 Å². The molecule has 0 radical (unpaired) electrons. The summed E-state index contributed by atoms with van der Waals surface area (Å²) in [4.78, 5) is 14.0. The van der Waals surface area contributed by atoms with Gasteiger partial charge in [-0.3, -0.25) is 4.79 Å². The lowest BCUT2D eigenvalue weighted by molar-refractivity contribution is 0.0706. The highest BCUT2D eigenvalue weighted by atomic mass is 35.5. The summed E-state index contributed by atoms with van der Waals surface area (Å²) in [6, 6.07) is 4.06. The minimum atomic E-state index is -0.523. The van der Waals surface area contributed by atoms with Crippen LogP contribution in [0.15, 0.2) is 18.2 Å². The molecule has 1 aromatic rings. The third-order valence-corrected chi connectivity index (χ3v) is 3.14. The van der Waals surface area contributed by atoms with Crippen molar-refractivity contribution in [3.8, 4) is 0 Å². The predicted molar refractivity (Wildman–Crippen MR) is 72.9 cm³/mol. The molecule has 0 spiro atoms. The largest absolute Gasteiger partial charge is 0.336 e. The second-order valence-corrected chi connectivity index (χ2v) is 5.05. The van der Waals surface area contributed by atoms with E-state index in [9.17, 15) is 9.18 Å². The van der Waals surface area contributed by atoms with Crippen LogP contribution in [0.2, 0.25) is 5.02 Å². The zero-order chi connectivity index (χ0) is 13.7. The van der Waals surface area contributed by atoms with Gasteiger partial charge in [-0.2, -0.15) is 0 Å². The standard InChI is InChI=1S/C13H16Cl2FNO/c1-9(2)17(7-3-6-14)13(18)10-4-5-12(16)11(15)8-10/h4-5,8-9H,3,6-7H2,1-2H3. The van der Waals surface area contributed by atoms with Crippen molar-refractivity contribution in [2.75, 3.05) is 12.4 Å². The Kier molecular flexibility index (Phi) is 5.89.